The van der Waals surface area contributed by atoms with Crippen molar-refractivity contribution < 1.29 is 5.11 Å². The quantitative estimate of drug-likeness (QED) is 0.796. The van der Waals surface area contributed by atoms with Crippen LogP contribution in [0.4, 0.5) is 0 Å². The summed E-state index contributed by atoms with van der Waals surface area (Å²) in [5, 5.41) is 9.75. The fourth-order valence-electron chi connectivity index (χ4n) is 2.07. The number of hydrogen-bond donors (Lipinski definition) is 1. The summed E-state index contributed by atoms with van der Waals surface area (Å²) < 4.78 is 0. The van der Waals surface area contributed by atoms with E-state index in [0.717, 1.165) is 17.0 Å². The summed E-state index contributed by atoms with van der Waals surface area (Å²) in [7, 11) is 0. The van der Waals surface area contributed by atoms with E-state index in [2.05, 4.69) is 24.3 Å². The molecule has 1 aliphatic carbocycles. The molecule has 16 heavy (non-hydrogen) atoms. The summed E-state index contributed by atoms with van der Waals surface area (Å²) in [4.78, 5) is 0. The predicted octanol–water partition coefficient (Wildman–Crippen LogP) is 3.94. The van der Waals surface area contributed by atoms with Crippen molar-refractivity contribution >= 4 is 0 Å². The second-order valence-electron chi connectivity index (χ2n) is 4.41. The number of phenolic OH excluding ortho intramolecular Hbond substituents is 1. The van der Waals surface area contributed by atoms with Gasteiger partial charge in [0.1, 0.15) is 5.75 Å². The Morgan fingerprint density at radius 2 is 1.56 bits per heavy atom. The second-order valence-corrected chi connectivity index (χ2v) is 4.41. The smallest absolute Gasteiger partial charge is 0.123 e. The van der Waals surface area contributed by atoms with E-state index in [1.165, 1.54) is 18.4 Å². The summed E-state index contributed by atoms with van der Waals surface area (Å²) in [5.74, 6) is 1.14. The van der Waals surface area contributed by atoms with Gasteiger partial charge in [0.05, 0.1) is 0 Å². The minimum absolute atomic E-state index is 0.349. The Bertz CT molecular complexity index is 495. The Labute approximate surface area is 95.4 Å². The standard InChI is InChI=1S/C15H14O/c16-15-4-2-1-3-14(15)13-9-7-12(8-10-13)11-5-6-11/h1-4,7-11,16H,5-6H2. The molecule has 0 radical (unpaired) electrons. The molecule has 3 rings (SSSR count). The molecule has 1 saturated carbocycles. The molecule has 0 aromatic heterocycles. The number of benzene rings is 2. The number of aromatic hydroxyl groups is 1. The lowest BCUT2D eigenvalue weighted by molar-refractivity contribution is 0.477. The van der Waals surface area contributed by atoms with Gasteiger partial charge in [0, 0.05) is 5.56 Å². The van der Waals surface area contributed by atoms with E-state index < -0.39 is 0 Å². The molecule has 0 amide bonds. The highest BCUT2D eigenvalue weighted by Gasteiger charge is 2.22. The number of para-hydroxylation sites is 1. The van der Waals surface area contributed by atoms with Crippen molar-refractivity contribution in [3.8, 4) is 16.9 Å². The van der Waals surface area contributed by atoms with Crippen LogP contribution in [0.2, 0.25) is 0 Å². The van der Waals surface area contributed by atoms with Crippen molar-refractivity contribution in [1.82, 2.24) is 0 Å². The van der Waals surface area contributed by atoms with Gasteiger partial charge in [-0.05, 0) is 36.0 Å². The van der Waals surface area contributed by atoms with Crippen LogP contribution in [-0.4, -0.2) is 5.11 Å². The lowest BCUT2D eigenvalue weighted by Gasteiger charge is -2.05. The molecular weight excluding hydrogens is 196 g/mol. The van der Waals surface area contributed by atoms with Crippen LogP contribution in [-0.2, 0) is 0 Å². The van der Waals surface area contributed by atoms with Gasteiger partial charge in [-0.2, -0.15) is 0 Å². The Balaban J connectivity index is 1.97. The van der Waals surface area contributed by atoms with Crippen LogP contribution in [0, 0.1) is 0 Å². The Hall–Kier alpha value is -1.76. The lowest BCUT2D eigenvalue weighted by Crippen LogP contribution is -1.81. The second kappa shape index (κ2) is 3.67. The van der Waals surface area contributed by atoms with Crippen LogP contribution in [0.5, 0.6) is 5.75 Å². The number of phenols is 1. The van der Waals surface area contributed by atoms with Gasteiger partial charge in [-0.3, -0.25) is 0 Å². The summed E-state index contributed by atoms with van der Waals surface area (Å²) >= 11 is 0. The Kier molecular flexibility index (Phi) is 2.17. The molecule has 1 heteroatoms. The third kappa shape index (κ3) is 1.69. The van der Waals surface area contributed by atoms with Gasteiger partial charge in [-0.1, -0.05) is 42.5 Å². The first kappa shape index (κ1) is 9.46. The zero-order valence-corrected chi connectivity index (χ0v) is 9.06. The third-order valence-corrected chi connectivity index (χ3v) is 3.17. The fourth-order valence-corrected chi connectivity index (χ4v) is 2.07. The summed E-state index contributed by atoms with van der Waals surface area (Å²) in [6, 6.07) is 16.0. The lowest BCUT2D eigenvalue weighted by atomic mass is 10.0. The van der Waals surface area contributed by atoms with E-state index in [0.29, 0.717) is 5.75 Å². The van der Waals surface area contributed by atoms with E-state index >= 15 is 0 Å². The van der Waals surface area contributed by atoms with Gasteiger partial charge in [0.15, 0.2) is 0 Å². The van der Waals surface area contributed by atoms with Gasteiger partial charge in [0.25, 0.3) is 0 Å². The highest BCUT2D eigenvalue weighted by molar-refractivity contribution is 5.70. The maximum Gasteiger partial charge on any atom is 0.123 e. The molecule has 2 aromatic carbocycles. The van der Waals surface area contributed by atoms with E-state index in [-0.39, 0.29) is 0 Å². The molecule has 1 fully saturated rings. The molecule has 2 aromatic rings. The molecule has 1 nitrogen and oxygen atoms in total. The molecule has 1 N–H and O–H groups in total. The van der Waals surface area contributed by atoms with E-state index in [1.807, 2.05) is 18.2 Å². The van der Waals surface area contributed by atoms with Crippen molar-refractivity contribution in [1.29, 1.82) is 0 Å². The van der Waals surface area contributed by atoms with Crippen LogP contribution in [0.15, 0.2) is 48.5 Å². The van der Waals surface area contributed by atoms with E-state index in [9.17, 15) is 5.11 Å². The van der Waals surface area contributed by atoms with E-state index in [4.69, 9.17) is 0 Å². The van der Waals surface area contributed by atoms with Gasteiger partial charge in [-0.15, -0.1) is 0 Å². The van der Waals surface area contributed by atoms with Crippen LogP contribution in [0.1, 0.15) is 24.3 Å². The first-order chi connectivity index (χ1) is 7.84. The highest BCUT2D eigenvalue weighted by atomic mass is 16.3. The highest BCUT2D eigenvalue weighted by Crippen LogP contribution is 2.40. The molecule has 0 bridgehead atoms. The first-order valence-electron chi connectivity index (χ1n) is 5.73. The third-order valence-electron chi connectivity index (χ3n) is 3.17. The molecular formula is C15H14O. The number of rotatable bonds is 2. The first-order valence-corrected chi connectivity index (χ1v) is 5.73. The minimum atomic E-state index is 0.349. The fraction of sp³-hybridized carbons (Fsp3) is 0.200. The zero-order valence-electron chi connectivity index (χ0n) is 9.06. The van der Waals surface area contributed by atoms with Crippen LogP contribution in [0.3, 0.4) is 0 Å². The van der Waals surface area contributed by atoms with Crippen molar-refractivity contribution in [3.05, 3.63) is 54.1 Å². The average Bonchev–Trinajstić information content (AvgIpc) is 3.14. The molecule has 0 aliphatic heterocycles. The molecule has 0 heterocycles. The summed E-state index contributed by atoms with van der Waals surface area (Å²) in [6.45, 7) is 0. The predicted molar refractivity (Wildman–Crippen MR) is 65.5 cm³/mol. The normalized spacial score (nSPS) is 15.0. The largest absolute Gasteiger partial charge is 0.507 e. The SMILES string of the molecule is Oc1ccccc1-c1ccc(C2CC2)cc1. The Morgan fingerprint density at radius 1 is 0.875 bits per heavy atom. The van der Waals surface area contributed by atoms with Crippen LogP contribution in [0.25, 0.3) is 11.1 Å². The molecule has 1 aliphatic rings. The van der Waals surface area contributed by atoms with Crippen LogP contribution >= 0.6 is 0 Å². The van der Waals surface area contributed by atoms with Gasteiger partial charge >= 0.3 is 0 Å². The monoisotopic (exact) mass is 210 g/mol. The van der Waals surface area contributed by atoms with Gasteiger partial charge in [-0.25, -0.2) is 0 Å². The maximum atomic E-state index is 9.75. The van der Waals surface area contributed by atoms with Crippen molar-refractivity contribution in [2.45, 2.75) is 18.8 Å². The molecule has 0 saturated heterocycles. The van der Waals surface area contributed by atoms with Gasteiger partial charge in [0.2, 0.25) is 0 Å². The molecule has 80 valence electrons. The molecule has 0 spiro atoms. The zero-order chi connectivity index (χ0) is 11.0. The van der Waals surface area contributed by atoms with Gasteiger partial charge < -0.3 is 5.11 Å². The van der Waals surface area contributed by atoms with Crippen molar-refractivity contribution in [2.24, 2.45) is 0 Å². The Morgan fingerprint density at radius 3 is 2.19 bits per heavy atom. The molecule has 0 atom stereocenters. The summed E-state index contributed by atoms with van der Waals surface area (Å²) in [5.41, 5.74) is 3.42. The van der Waals surface area contributed by atoms with Crippen molar-refractivity contribution in [3.63, 3.8) is 0 Å². The van der Waals surface area contributed by atoms with E-state index in [1.54, 1.807) is 6.07 Å². The van der Waals surface area contributed by atoms with Crippen LogP contribution < -0.4 is 0 Å². The van der Waals surface area contributed by atoms with Crippen molar-refractivity contribution in [2.75, 3.05) is 0 Å². The number of hydrogen-bond acceptors (Lipinski definition) is 1. The molecule has 0 unspecified atom stereocenters. The maximum absolute atomic E-state index is 9.75. The topological polar surface area (TPSA) is 20.2 Å². The minimum Gasteiger partial charge on any atom is -0.507 e. The summed E-state index contributed by atoms with van der Waals surface area (Å²) in [6.07, 6.45) is 2.66. The average molecular weight is 210 g/mol.